The van der Waals surface area contributed by atoms with E-state index in [0.717, 1.165) is 6.20 Å². The molecule has 2 aromatic heterocycles. The summed E-state index contributed by atoms with van der Waals surface area (Å²) in [6, 6.07) is 0. The molecule has 0 amide bonds. The summed E-state index contributed by atoms with van der Waals surface area (Å²) in [5.74, 6) is -0.492. The third-order valence-electron chi connectivity index (χ3n) is 2.23. The zero-order valence-corrected chi connectivity index (χ0v) is 10.3. The zero-order valence-electron chi connectivity index (χ0n) is 9.45. The Hall–Kier alpha value is -1.70. The van der Waals surface area contributed by atoms with E-state index in [0.29, 0.717) is 17.0 Å². The van der Waals surface area contributed by atoms with E-state index in [9.17, 15) is 18.0 Å². The SMILES string of the molecule is Cc1nn(C)cc1C(=O)c1cnc(C(F)(F)F)s1. The smallest absolute Gasteiger partial charge is 0.287 e. The number of rotatable bonds is 2. The van der Waals surface area contributed by atoms with Gasteiger partial charge in [-0.2, -0.15) is 18.3 Å². The molecule has 2 heterocycles. The first-order valence-electron chi connectivity index (χ1n) is 4.87. The van der Waals surface area contributed by atoms with Gasteiger partial charge in [0, 0.05) is 19.4 Å². The Morgan fingerprint density at radius 2 is 2.11 bits per heavy atom. The largest absolute Gasteiger partial charge is 0.443 e. The number of hydrogen-bond donors (Lipinski definition) is 0. The van der Waals surface area contributed by atoms with E-state index in [2.05, 4.69) is 10.1 Å². The Bertz CT molecular complexity index is 600. The van der Waals surface area contributed by atoms with Crippen LogP contribution in [0.15, 0.2) is 12.4 Å². The summed E-state index contributed by atoms with van der Waals surface area (Å²) in [6.07, 6.45) is -2.10. The highest BCUT2D eigenvalue weighted by molar-refractivity contribution is 7.14. The Kier molecular flexibility index (Phi) is 2.97. The molecule has 0 bridgehead atoms. The first kappa shape index (κ1) is 12.7. The lowest BCUT2D eigenvalue weighted by molar-refractivity contribution is -0.137. The van der Waals surface area contributed by atoms with Gasteiger partial charge >= 0.3 is 6.18 Å². The van der Waals surface area contributed by atoms with E-state index in [1.165, 1.54) is 10.9 Å². The third-order valence-corrected chi connectivity index (χ3v) is 3.27. The third kappa shape index (κ3) is 2.28. The van der Waals surface area contributed by atoms with Crippen LogP contribution in [0.1, 0.15) is 25.9 Å². The Balaban J connectivity index is 2.35. The van der Waals surface area contributed by atoms with Gasteiger partial charge in [-0.25, -0.2) is 4.98 Å². The van der Waals surface area contributed by atoms with Crippen molar-refractivity contribution in [2.45, 2.75) is 13.1 Å². The second kappa shape index (κ2) is 4.20. The standard InChI is InChI=1S/C10H8F3N3OS/c1-5-6(4-16(2)15-5)8(17)7-3-14-9(18-7)10(11,12)13/h3-4H,1-2H3. The van der Waals surface area contributed by atoms with Crippen molar-refractivity contribution < 1.29 is 18.0 Å². The van der Waals surface area contributed by atoms with Crippen molar-refractivity contribution in [1.82, 2.24) is 14.8 Å². The molecule has 0 N–H and O–H groups in total. The van der Waals surface area contributed by atoms with Crippen molar-refractivity contribution in [2.24, 2.45) is 7.05 Å². The van der Waals surface area contributed by atoms with Crippen LogP contribution in [0.25, 0.3) is 0 Å². The van der Waals surface area contributed by atoms with E-state index in [4.69, 9.17) is 0 Å². The molecule has 0 atom stereocenters. The van der Waals surface area contributed by atoms with Gasteiger partial charge in [-0.3, -0.25) is 9.48 Å². The molecule has 0 saturated carbocycles. The van der Waals surface area contributed by atoms with Gasteiger partial charge in [0.05, 0.1) is 16.1 Å². The molecular formula is C10H8F3N3OS. The number of aromatic nitrogens is 3. The van der Waals surface area contributed by atoms with Crippen LogP contribution < -0.4 is 0 Å². The molecule has 0 saturated heterocycles. The Labute approximate surface area is 104 Å². The second-order valence-corrected chi connectivity index (χ2v) is 4.69. The topological polar surface area (TPSA) is 47.8 Å². The van der Waals surface area contributed by atoms with E-state index in [1.54, 1.807) is 14.0 Å². The van der Waals surface area contributed by atoms with E-state index >= 15 is 0 Å². The molecule has 8 heteroatoms. The predicted molar refractivity (Wildman–Crippen MR) is 58.5 cm³/mol. The Morgan fingerprint density at radius 3 is 2.56 bits per heavy atom. The quantitative estimate of drug-likeness (QED) is 0.791. The molecule has 0 aliphatic rings. The molecule has 0 fully saturated rings. The number of carbonyl (C=O) groups excluding carboxylic acids is 1. The molecule has 0 aliphatic heterocycles. The number of ketones is 1. The van der Waals surface area contributed by atoms with Crippen molar-refractivity contribution in [2.75, 3.05) is 0 Å². The predicted octanol–water partition coefficient (Wildman–Crippen LogP) is 2.43. The fourth-order valence-electron chi connectivity index (χ4n) is 1.47. The van der Waals surface area contributed by atoms with Gasteiger partial charge in [-0.05, 0) is 6.92 Å². The molecule has 0 radical (unpaired) electrons. The highest BCUT2D eigenvalue weighted by atomic mass is 32.1. The molecule has 96 valence electrons. The van der Waals surface area contributed by atoms with Crippen LogP contribution in [0, 0.1) is 6.92 Å². The van der Waals surface area contributed by atoms with Crippen LogP contribution in [0.2, 0.25) is 0 Å². The van der Waals surface area contributed by atoms with Crippen molar-refractivity contribution in [3.8, 4) is 0 Å². The lowest BCUT2D eigenvalue weighted by atomic mass is 10.1. The van der Waals surface area contributed by atoms with E-state index in [1.807, 2.05) is 0 Å². The van der Waals surface area contributed by atoms with Gasteiger partial charge in [-0.15, -0.1) is 11.3 Å². The highest BCUT2D eigenvalue weighted by Crippen LogP contribution is 2.33. The van der Waals surface area contributed by atoms with E-state index in [-0.39, 0.29) is 10.4 Å². The fourth-order valence-corrected chi connectivity index (χ4v) is 2.20. The van der Waals surface area contributed by atoms with Crippen LogP contribution in [0.4, 0.5) is 13.2 Å². The number of aryl methyl sites for hydroxylation is 2. The first-order valence-corrected chi connectivity index (χ1v) is 5.68. The van der Waals surface area contributed by atoms with Crippen molar-refractivity contribution in [3.05, 3.63) is 33.5 Å². The van der Waals surface area contributed by atoms with E-state index < -0.39 is 17.0 Å². The number of hydrogen-bond acceptors (Lipinski definition) is 4. The maximum absolute atomic E-state index is 12.4. The minimum Gasteiger partial charge on any atom is -0.287 e. The average molecular weight is 275 g/mol. The molecule has 0 aromatic carbocycles. The number of alkyl halides is 3. The lowest BCUT2D eigenvalue weighted by Gasteiger charge is -1.98. The molecule has 0 aliphatic carbocycles. The molecule has 0 unspecified atom stereocenters. The normalized spacial score (nSPS) is 11.8. The minimum atomic E-state index is -4.52. The lowest BCUT2D eigenvalue weighted by Crippen LogP contribution is -2.03. The fraction of sp³-hybridized carbons (Fsp3) is 0.300. The van der Waals surface area contributed by atoms with Gasteiger partial charge < -0.3 is 0 Å². The second-order valence-electron chi connectivity index (χ2n) is 3.66. The summed E-state index contributed by atoms with van der Waals surface area (Å²) in [7, 11) is 1.64. The zero-order chi connectivity index (χ0) is 13.5. The summed E-state index contributed by atoms with van der Waals surface area (Å²) in [5, 5.41) is 2.95. The van der Waals surface area contributed by atoms with Crippen molar-refractivity contribution >= 4 is 17.1 Å². The van der Waals surface area contributed by atoms with Crippen LogP contribution in [0.5, 0.6) is 0 Å². The molecule has 2 aromatic rings. The van der Waals surface area contributed by atoms with Gasteiger partial charge in [0.1, 0.15) is 0 Å². The van der Waals surface area contributed by atoms with Gasteiger partial charge in [0.15, 0.2) is 5.01 Å². The average Bonchev–Trinajstić information content (AvgIpc) is 2.83. The molecule has 2 rings (SSSR count). The van der Waals surface area contributed by atoms with Crippen molar-refractivity contribution in [3.63, 3.8) is 0 Å². The summed E-state index contributed by atoms with van der Waals surface area (Å²) in [5.41, 5.74) is 0.763. The van der Waals surface area contributed by atoms with Crippen LogP contribution >= 0.6 is 11.3 Å². The van der Waals surface area contributed by atoms with Crippen LogP contribution in [-0.4, -0.2) is 20.5 Å². The van der Waals surface area contributed by atoms with Gasteiger partial charge in [0.2, 0.25) is 5.78 Å². The molecule has 18 heavy (non-hydrogen) atoms. The summed E-state index contributed by atoms with van der Waals surface area (Å²) >= 11 is 0.338. The summed E-state index contributed by atoms with van der Waals surface area (Å²) < 4.78 is 38.6. The van der Waals surface area contributed by atoms with Crippen molar-refractivity contribution in [1.29, 1.82) is 0 Å². The first-order chi connectivity index (χ1) is 8.29. The molecular weight excluding hydrogens is 267 g/mol. The summed E-state index contributed by atoms with van der Waals surface area (Å²) in [4.78, 5) is 15.1. The van der Waals surface area contributed by atoms with Gasteiger partial charge in [0.25, 0.3) is 0 Å². The highest BCUT2D eigenvalue weighted by Gasteiger charge is 2.35. The number of halogens is 3. The number of thiazole rings is 1. The monoisotopic (exact) mass is 275 g/mol. The van der Waals surface area contributed by atoms with Crippen LogP contribution in [0.3, 0.4) is 0 Å². The Morgan fingerprint density at radius 1 is 1.44 bits per heavy atom. The minimum absolute atomic E-state index is 0.0431. The van der Waals surface area contributed by atoms with Crippen LogP contribution in [-0.2, 0) is 13.2 Å². The number of carbonyl (C=O) groups is 1. The molecule has 0 spiro atoms. The van der Waals surface area contributed by atoms with Gasteiger partial charge in [-0.1, -0.05) is 0 Å². The summed E-state index contributed by atoms with van der Waals surface area (Å²) in [6.45, 7) is 1.62. The number of nitrogens with zero attached hydrogens (tertiary/aromatic N) is 3. The maximum Gasteiger partial charge on any atom is 0.443 e. The maximum atomic E-state index is 12.4. The molecule has 4 nitrogen and oxygen atoms in total.